The predicted molar refractivity (Wildman–Crippen MR) is 86.2 cm³/mol. The van der Waals surface area contributed by atoms with Gasteiger partial charge in [-0.3, -0.25) is 4.79 Å². The number of Topliss-reactive ketones (excluding diaryl/α,β-unsaturated/α-hetero) is 1. The monoisotopic (exact) mass is 304 g/mol. The number of hydrogen-bond donors (Lipinski definition) is 2. The number of hydrogen-bond acceptors (Lipinski definition) is 3. The molecule has 22 heavy (non-hydrogen) atoms. The first-order chi connectivity index (χ1) is 10.6. The molecule has 0 heterocycles. The molecule has 0 aromatic rings. The van der Waals surface area contributed by atoms with Crippen LogP contribution < -0.4 is 0 Å². The van der Waals surface area contributed by atoms with Crippen molar-refractivity contribution in [2.75, 3.05) is 0 Å². The molecule has 0 radical (unpaired) electrons. The molecule has 2 N–H and O–H groups in total. The van der Waals surface area contributed by atoms with E-state index in [1.54, 1.807) is 0 Å². The lowest BCUT2D eigenvalue weighted by atomic mass is 9.85. The molecular formula is C19H28O3. The Bertz CT molecular complexity index is 461. The van der Waals surface area contributed by atoms with Gasteiger partial charge in [0.05, 0.1) is 12.2 Å². The molecule has 3 nitrogen and oxygen atoms in total. The molecule has 0 bridgehead atoms. The number of rotatable bonds is 4. The minimum Gasteiger partial charge on any atom is -0.392 e. The Morgan fingerprint density at radius 2 is 2.00 bits per heavy atom. The fourth-order valence-corrected chi connectivity index (χ4v) is 4.74. The van der Waals surface area contributed by atoms with Crippen LogP contribution in [-0.2, 0) is 4.79 Å². The Morgan fingerprint density at radius 1 is 1.27 bits per heavy atom. The predicted octanol–water partition coefficient (Wildman–Crippen LogP) is 3.02. The second-order valence-corrected chi connectivity index (χ2v) is 7.51. The van der Waals surface area contributed by atoms with E-state index in [2.05, 4.69) is 6.58 Å². The van der Waals surface area contributed by atoms with E-state index in [-0.39, 0.29) is 23.5 Å². The topological polar surface area (TPSA) is 57.5 Å². The second-order valence-electron chi connectivity index (χ2n) is 7.51. The Hall–Kier alpha value is -0.930. The molecule has 122 valence electrons. The maximum atomic E-state index is 12.0. The molecule has 5 atom stereocenters. The van der Waals surface area contributed by atoms with Crippen LogP contribution in [0.25, 0.3) is 0 Å². The summed E-state index contributed by atoms with van der Waals surface area (Å²) in [6.45, 7) is 3.85. The van der Waals surface area contributed by atoms with Gasteiger partial charge in [-0.15, -0.1) is 0 Å². The molecule has 0 aromatic heterocycles. The van der Waals surface area contributed by atoms with E-state index in [9.17, 15) is 15.0 Å². The summed E-state index contributed by atoms with van der Waals surface area (Å²) in [4.78, 5) is 12.0. The summed E-state index contributed by atoms with van der Waals surface area (Å²) in [5.74, 6) is 0.917. The lowest BCUT2D eigenvalue weighted by Gasteiger charge is -2.23. The Kier molecular flexibility index (Phi) is 4.84. The smallest absolute Gasteiger partial charge is 0.161 e. The fraction of sp³-hybridized carbons (Fsp3) is 0.737. The number of aliphatic hydroxyl groups is 2. The van der Waals surface area contributed by atoms with Gasteiger partial charge in [0, 0.05) is 11.8 Å². The molecule has 0 aliphatic heterocycles. The van der Waals surface area contributed by atoms with Gasteiger partial charge in [-0.25, -0.2) is 0 Å². The SMILES string of the molecule is C=C1C[C@H]2[C@H](/C=C/[C@@H](O)CC3CCCCC3)[C@H](O)C[C@@H]2C1=O. The van der Waals surface area contributed by atoms with Crippen molar-refractivity contribution in [3.8, 4) is 0 Å². The van der Waals surface area contributed by atoms with Crippen molar-refractivity contribution in [1.29, 1.82) is 0 Å². The Labute approximate surface area is 133 Å². The van der Waals surface area contributed by atoms with E-state index in [1.165, 1.54) is 32.1 Å². The van der Waals surface area contributed by atoms with Crippen LogP contribution in [0.5, 0.6) is 0 Å². The second kappa shape index (κ2) is 6.67. The summed E-state index contributed by atoms with van der Waals surface area (Å²) < 4.78 is 0. The van der Waals surface area contributed by atoms with Crippen LogP contribution in [0.1, 0.15) is 51.4 Å². The number of allylic oxidation sites excluding steroid dienone is 1. The lowest BCUT2D eigenvalue weighted by molar-refractivity contribution is -0.118. The van der Waals surface area contributed by atoms with Gasteiger partial charge in [0.1, 0.15) is 0 Å². The molecular weight excluding hydrogens is 276 g/mol. The van der Waals surface area contributed by atoms with Crippen LogP contribution >= 0.6 is 0 Å². The first-order valence-electron chi connectivity index (χ1n) is 8.82. The van der Waals surface area contributed by atoms with E-state index in [0.717, 1.165) is 6.42 Å². The van der Waals surface area contributed by atoms with E-state index in [4.69, 9.17) is 0 Å². The zero-order chi connectivity index (χ0) is 15.7. The zero-order valence-corrected chi connectivity index (χ0v) is 13.3. The van der Waals surface area contributed by atoms with Gasteiger partial charge in [-0.1, -0.05) is 50.8 Å². The maximum Gasteiger partial charge on any atom is 0.161 e. The van der Waals surface area contributed by atoms with Crippen LogP contribution in [-0.4, -0.2) is 28.2 Å². The standard InChI is InChI=1S/C19H28O3/c1-12-9-16-15(18(21)11-17(16)19(12)22)8-7-14(20)10-13-5-3-2-4-6-13/h7-8,13-18,20-21H,1-6,9-11H2/b8-7+/t14-,15+,16+,17+,18-/m1/s1. The van der Waals surface area contributed by atoms with E-state index in [0.29, 0.717) is 24.3 Å². The van der Waals surface area contributed by atoms with E-state index in [1.807, 2.05) is 12.2 Å². The minimum absolute atomic E-state index is 0.00536. The molecule has 3 saturated carbocycles. The summed E-state index contributed by atoms with van der Waals surface area (Å²) in [5, 5.41) is 20.5. The number of carbonyl (C=O) groups excluding carboxylic acids is 1. The van der Waals surface area contributed by atoms with Gasteiger partial charge >= 0.3 is 0 Å². The fourth-order valence-electron chi connectivity index (χ4n) is 4.74. The summed E-state index contributed by atoms with van der Waals surface area (Å²) in [5.41, 5.74) is 0.711. The van der Waals surface area contributed by atoms with Crippen molar-refractivity contribution in [2.45, 2.75) is 63.6 Å². The molecule has 3 heteroatoms. The highest BCUT2D eigenvalue weighted by molar-refractivity contribution is 5.99. The highest BCUT2D eigenvalue weighted by atomic mass is 16.3. The molecule has 0 amide bonds. The maximum absolute atomic E-state index is 12.0. The summed E-state index contributed by atoms with van der Waals surface area (Å²) >= 11 is 0. The largest absolute Gasteiger partial charge is 0.392 e. The third kappa shape index (κ3) is 3.21. The van der Waals surface area contributed by atoms with Crippen molar-refractivity contribution in [1.82, 2.24) is 0 Å². The first-order valence-corrected chi connectivity index (χ1v) is 8.82. The van der Waals surface area contributed by atoms with Crippen molar-refractivity contribution >= 4 is 5.78 Å². The van der Waals surface area contributed by atoms with Gasteiger partial charge in [0.25, 0.3) is 0 Å². The van der Waals surface area contributed by atoms with Gasteiger partial charge < -0.3 is 10.2 Å². The molecule has 0 unspecified atom stereocenters. The molecule has 3 aliphatic carbocycles. The Balaban J connectivity index is 1.57. The van der Waals surface area contributed by atoms with Crippen LogP contribution in [0.15, 0.2) is 24.3 Å². The average molecular weight is 304 g/mol. The minimum atomic E-state index is -0.454. The molecule has 0 spiro atoms. The Morgan fingerprint density at radius 3 is 2.73 bits per heavy atom. The summed E-state index contributed by atoms with van der Waals surface area (Å²) in [7, 11) is 0. The third-order valence-corrected chi connectivity index (χ3v) is 5.97. The van der Waals surface area contributed by atoms with Crippen LogP contribution in [0.3, 0.4) is 0 Å². The molecule has 0 aromatic carbocycles. The number of ketones is 1. The van der Waals surface area contributed by atoms with Gasteiger partial charge in [-0.2, -0.15) is 0 Å². The molecule has 3 fully saturated rings. The number of aliphatic hydroxyl groups excluding tert-OH is 2. The lowest BCUT2D eigenvalue weighted by Crippen LogP contribution is -2.18. The molecule has 3 aliphatic rings. The van der Waals surface area contributed by atoms with Crippen molar-refractivity contribution in [3.63, 3.8) is 0 Å². The first kappa shape index (κ1) is 15.9. The normalized spacial score (nSPS) is 37.9. The van der Waals surface area contributed by atoms with Crippen molar-refractivity contribution in [3.05, 3.63) is 24.3 Å². The van der Waals surface area contributed by atoms with E-state index < -0.39 is 12.2 Å². The van der Waals surface area contributed by atoms with Crippen LogP contribution in [0, 0.1) is 23.7 Å². The zero-order valence-electron chi connectivity index (χ0n) is 13.3. The van der Waals surface area contributed by atoms with Crippen LogP contribution in [0.4, 0.5) is 0 Å². The van der Waals surface area contributed by atoms with Crippen molar-refractivity contribution in [2.24, 2.45) is 23.7 Å². The molecule has 0 saturated heterocycles. The number of carbonyl (C=O) groups is 1. The van der Waals surface area contributed by atoms with E-state index >= 15 is 0 Å². The van der Waals surface area contributed by atoms with Crippen molar-refractivity contribution < 1.29 is 15.0 Å². The average Bonchev–Trinajstić information content (AvgIpc) is 2.94. The summed E-state index contributed by atoms with van der Waals surface area (Å²) in [6, 6.07) is 0. The third-order valence-electron chi connectivity index (χ3n) is 5.97. The van der Waals surface area contributed by atoms with Gasteiger partial charge in [0.2, 0.25) is 0 Å². The number of fused-ring (bicyclic) bond motifs is 1. The highest BCUT2D eigenvalue weighted by Gasteiger charge is 2.49. The van der Waals surface area contributed by atoms with Gasteiger partial charge in [-0.05, 0) is 36.7 Å². The highest BCUT2D eigenvalue weighted by Crippen LogP contribution is 2.48. The molecule has 3 rings (SSSR count). The summed E-state index contributed by atoms with van der Waals surface area (Å²) in [6.07, 6.45) is 11.4. The quantitative estimate of drug-likeness (QED) is 0.620. The van der Waals surface area contributed by atoms with Crippen LogP contribution in [0.2, 0.25) is 0 Å². The van der Waals surface area contributed by atoms with Gasteiger partial charge in [0.15, 0.2) is 5.78 Å².